The van der Waals surface area contributed by atoms with Crippen molar-refractivity contribution in [3.05, 3.63) is 0 Å². The van der Waals surface area contributed by atoms with E-state index in [4.69, 9.17) is 18.5 Å². The SMILES string of the molecule is CCCCCCCCCCCCCCCCCCCCCCCCCCOCC(COP(=O)(O)OCC[N+](C)(C)C)OC(=O)CCCCCCCCCCCCCCC. The van der Waals surface area contributed by atoms with Crippen LogP contribution in [-0.2, 0) is 27.9 Å². The first kappa shape index (κ1) is 58.5. The van der Waals surface area contributed by atoms with Gasteiger partial charge in [-0.15, -0.1) is 0 Å². The second-order valence-electron chi connectivity index (χ2n) is 18.9. The van der Waals surface area contributed by atoms with Gasteiger partial charge in [-0.3, -0.25) is 13.8 Å². The highest BCUT2D eigenvalue weighted by molar-refractivity contribution is 7.47. The van der Waals surface area contributed by atoms with Gasteiger partial charge in [0.05, 0.1) is 34.4 Å². The minimum Gasteiger partial charge on any atom is -0.457 e. The number of phosphoric ester groups is 1. The summed E-state index contributed by atoms with van der Waals surface area (Å²) in [5.74, 6) is -0.307. The Balaban J connectivity index is 4.00. The van der Waals surface area contributed by atoms with E-state index >= 15 is 0 Å². The number of ether oxygens (including phenoxy) is 2. The summed E-state index contributed by atoms with van der Waals surface area (Å²) in [6, 6.07) is 0. The zero-order valence-corrected chi connectivity index (χ0v) is 41.2. The van der Waals surface area contributed by atoms with Crippen LogP contribution < -0.4 is 0 Å². The van der Waals surface area contributed by atoms with E-state index in [0.29, 0.717) is 24.1 Å². The van der Waals surface area contributed by atoms with E-state index in [-0.39, 0.29) is 25.8 Å². The number of hydrogen-bond donors (Lipinski definition) is 1. The average molecular weight is 861 g/mol. The molecule has 0 rings (SSSR count). The summed E-state index contributed by atoms with van der Waals surface area (Å²) in [7, 11) is 1.69. The first-order chi connectivity index (χ1) is 28.6. The third kappa shape index (κ3) is 48.4. The number of rotatable bonds is 49. The lowest BCUT2D eigenvalue weighted by Crippen LogP contribution is -2.37. The second-order valence-corrected chi connectivity index (χ2v) is 20.4. The van der Waals surface area contributed by atoms with Crippen LogP contribution in [0.4, 0.5) is 0 Å². The third-order valence-electron chi connectivity index (χ3n) is 11.7. The minimum absolute atomic E-state index is 0.0941. The summed E-state index contributed by atoms with van der Waals surface area (Å²) < 4.78 is 35.1. The van der Waals surface area contributed by atoms with Crippen molar-refractivity contribution < 1.29 is 37.3 Å². The van der Waals surface area contributed by atoms with Crippen LogP contribution in [0.3, 0.4) is 0 Å². The van der Waals surface area contributed by atoms with Gasteiger partial charge in [-0.2, -0.15) is 0 Å². The molecule has 2 unspecified atom stereocenters. The highest BCUT2D eigenvalue weighted by Gasteiger charge is 2.26. The predicted molar refractivity (Wildman–Crippen MR) is 252 cm³/mol. The van der Waals surface area contributed by atoms with Crippen LogP contribution in [0.25, 0.3) is 0 Å². The minimum atomic E-state index is -4.27. The van der Waals surface area contributed by atoms with E-state index < -0.39 is 13.9 Å². The first-order valence-corrected chi connectivity index (χ1v) is 27.3. The van der Waals surface area contributed by atoms with Gasteiger partial charge < -0.3 is 18.9 Å². The summed E-state index contributed by atoms with van der Waals surface area (Å²) in [6.45, 7) is 5.69. The predicted octanol–water partition coefficient (Wildman–Crippen LogP) is 15.6. The molecule has 0 saturated heterocycles. The molecule has 1 N–H and O–H groups in total. The maximum atomic E-state index is 12.7. The average Bonchev–Trinajstić information content (AvgIpc) is 3.19. The van der Waals surface area contributed by atoms with Gasteiger partial charge in [0, 0.05) is 13.0 Å². The van der Waals surface area contributed by atoms with Gasteiger partial charge in [-0.05, 0) is 12.8 Å². The molecule has 0 aliphatic carbocycles. The molecule has 59 heavy (non-hydrogen) atoms. The number of phosphoric acid groups is 1. The normalized spacial score (nSPS) is 13.5. The van der Waals surface area contributed by atoms with E-state index in [1.165, 1.54) is 205 Å². The molecular weight excluding hydrogens is 758 g/mol. The number of carbonyl (C=O) groups excluding carboxylic acids is 1. The zero-order chi connectivity index (χ0) is 43.4. The molecule has 0 aliphatic rings. The molecule has 0 radical (unpaired) electrons. The fourth-order valence-electron chi connectivity index (χ4n) is 7.67. The summed E-state index contributed by atoms with van der Waals surface area (Å²) in [6.07, 6.45) is 48.7. The molecule has 0 bridgehead atoms. The Bertz CT molecular complexity index is 914. The van der Waals surface area contributed by atoms with Gasteiger partial charge in [0.25, 0.3) is 0 Å². The van der Waals surface area contributed by atoms with E-state index in [1.54, 1.807) is 0 Å². The Labute approximate surface area is 368 Å². The fraction of sp³-hybridized carbons (Fsp3) is 0.980. The Morgan fingerprint density at radius 3 is 1.12 bits per heavy atom. The molecule has 0 aromatic carbocycles. The molecule has 8 nitrogen and oxygen atoms in total. The molecule has 354 valence electrons. The topological polar surface area (TPSA) is 91.3 Å². The van der Waals surface area contributed by atoms with Crippen LogP contribution in [-0.4, -0.2) is 75.6 Å². The van der Waals surface area contributed by atoms with Crippen LogP contribution >= 0.6 is 7.82 Å². The number of carbonyl (C=O) groups is 1. The number of unbranched alkanes of at least 4 members (excludes halogenated alkanes) is 35. The largest absolute Gasteiger partial charge is 0.472 e. The number of hydrogen-bond acceptors (Lipinski definition) is 6. The van der Waals surface area contributed by atoms with Crippen molar-refractivity contribution in [2.24, 2.45) is 0 Å². The lowest BCUT2D eigenvalue weighted by molar-refractivity contribution is -0.870. The van der Waals surface area contributed by atoms with E-state index in [1.807, 2.05) is 21.1 Å². The smallest absolute Gasteiger partial charge is 0.457 e. The standard InChI is InChI=1S/C50H102NO7P/c1-6-8-10-12-14-16-18-20-21-22-23-24-25-26-27-28-29-30-32-34-36-38-40-42-45-55-47-49(48-57-59(53,54)56-46-44-51(3,4)5)58-50(52)43-41-39-37-35-33-31-19-17-15-13-11-9-7-2/h49H,6-48H2,1-5H3/p+1. The maximum absolute atomic E-state index is 12.7. The quantitative estimate of drug-likeness (QED) is 0.0282. The van der Waals surface area contributed by atoms with Gasteiger partial charge >= 0.3 is 13.8 Å². The summed E-state index contributed by atoms with van der Waals surface area (Å²) in [5, 5.41) is 0. The van der Waals surface area contributed by atoms with Crippen molar-refractivity contribution in [2.75, 3.05) is 54.1 Å². The number of esters is 1. The van der Waals surface area contributed by atoms with Crippen LogP contribution in [0.2, 0.25) is 0 Å². The second kappa shape index (κ2) is 44.1. The van der Waals surface area contributed by atoms with Crippen LogP contribution in [0.15, 0.2) is 0 Å². The van der Waals surface area contributed by atoms with Crippen LogP contribution in [0.1, 0.15) is 258 Å². The van der Waals surface area contributed by atoms with E-state index in [9.17, 15) is 14.3 Å². The number of nitrogens with zero attached hydrogens (tertiary/aromatic N) is 1. The Kier molecular flexibility index (Phi) is 43.7. The maximum Gasteiger partial charge on any atom is 0.472 e. The molecule has 0 saturated carbocycles. The molecule has 2 atom stereocenters. The van der Waals surface area contributed by atoms with Crippen molar-refractivity contribution in [3.63, 3.8) is 0 Å². The Hall–Kier alpha value is -0.500. The van der Waals surface area contributed by atoms with Crippen molar-refractivity contribution in [3.8, 4) is 0 Å². The zero-order valence-electron chi connectivity index (χ0n) is 40.3. The highest BCUT2D eigenvalue weighted by Crippen LogP contribution is 2.43. The molecule has 0 aromatic heterocycles. The van der Waals surface area contributed by atoms with Gasteiger partial charge in [0.1, 0.15) is 19.3 Å². The monoisotopic (exact) mass is 861 g/mol. The van der Waals surface area contributed by atoms with E-state index in [2.05, 4.69) is 13.8 Å². The van der Waals surface area contributed by atoms with Crippen LogP contribution in [0, 0.1) is 0 Å². The molecule has 9 heteroatoms. The Morgan fingerprint density at radius 1 is 0.458 bits per heavy atom. The first-order valence-electron chi connectivity index (χ1n) is 25.8. The summed E-state index contributed by atoms with van der Waals surface area (Å²) in [4.78, 5) is 22.9. The van der Waals surface area contributed by atoms with Crippen LogP contribution in [0.5, 0.6) is 0 Å². The highest BCUT2D eigenvalue weighted by atomic mass is 31.2. The van der Waals surface area contributed by atoms with Crippen molar-refractivity contribution in [2.45, 2.75) is 264 Å². The van der Waals surface area contributed by atoms with Gasteiger partial charge in [-0.1, -0.05) is 239 Å². The summed E-state index contributed by atoms with van der Waals surface area (Å²) >= 11 is 0. The number of likely N-dealkylation sites (N-methyl/N-ethyl adjacent to an activating group) is 1. The lowest BCUT2D eigenvalue weighted by atomic mass is 10.0. The molecule has 0 fully saturated rings. The van der Waals surface area contributed by atoms with Crippen molar-refractivity contribution >= 4 is 13.8 Å². The van der Waals surface area contributed by atoms with Gasteiger partial charge in [0.2, 0.25) is 0 Å². The fourth-order valence-corrected chi connectivity index (χ4v) is 8.42. The van der Waals surface area contributed by atoms with Crippen molar-refractivity contribution in [1.82, 2.24) is 0 Å². The molecule has 0 aromatic rings. The third-order valence-corrected chi connectivity index (χ3v) is 12.7. The number of quaternary nitrogens is 1. The van der Waals surface area contributed by atoms with Gasteiger partial charge in [0.15, 0.2) is 0 Å². The lowest BCUT2D eigenvalue weighted by Gasteiger charge is -2.24. The summed E-state index contributed by atoms with van der Waals surface area (Å²) in [5.41, 5.74) is 0. The van der Waals surface area contributed by atoms with E-state index in [0.717, 1.165) is 32.1 Å². The molecule has 0 amide bonds. The van der Waals surface area contributed by atoms with Gasteiger partial charge in [-0.25, -0.2) is 4.57 Å². The molecule has 0 heterocycles. The Morgan fingerprint density at radius 2 is 0.780 bits per heavy atom. The molecular formula is C50H103NO7P+. The molecule has 0 spiro atoms. The van der Waals surface area contributed by atoms with Crippen molar-refractivity contribution in [1.29, 1.82) is 0 Å². The molecule has 0 aliphatic heterocycles.